The molecule has 4 aromatic rings. The minimum Gasteiger partial charge on any atom is -0.336 e. The predicted molar refractivity (Wildman–Crippen MR) is 126 cm³/mol. The van der Waals surface area contributed by atoms with Crippen LogP contribution in [0.4, 0.5) is 4.39 Å². The van der Waals surface area contributed by atoms with Crippen molar-refractivity contribution in [3.05, 3.63) is 72.4 Å². The molecule has 1 aliphatic rings. The average Bonchev–Trinajstić information content (AvgIpc) is 3.24. The molecule has 10 heteroatoms. The maximum Gasteiger partial charge on any atom is 0.254 e. The lowest BCUT2D eigenvalue weighted by molar-refractivity contribution is 0.0736. The van der Waals surface area contributed by atoms with Gasteiger partial charge in [0.2, 0.25) is 5.95 Å². The Hall–Kier alpha value is -3.63. The third-order valence-corrected chi connectivity index (χ3v) is 6.98. The van der Waals surface area contributed by atoms with Crippen molar-refractivity contribution < 1.29 is 17.6 Å². The Bertz CT molecular complexity index is 1490. The van der Waals surface area contributed by atoms with Crippen LogP contribution in [0.2, 0.25) is 0 Å². The third-order valence-electron chi connectivity index (χ3n) is 5.86. The fourth-order valence-electron chi connectivity index (χ4n) is 4.12. The predicted octanol–water partition coefficient (Wildman–Crippen LogP) is 2.68. The zero-order valence-corrected chi connectivity index (χ0v) is 19.2. The molecule has 0 unspecified atom stereocenters. The summed E-state index contributed by atoms with van der Waals surface area (Å²) >= 11 is 0. The number of nitrogens with zero attached hydrogens (tertiary/aromatic N) is 4. The van der Waals surface area contributed by atoms with Crippen molar-refractivity contribution in [1.82, 2.24) is 24.8 Å². The second kappa shape index (κ2) is 8.62. The summed E-state index contributed by atoms with van der Waals surface area (Å²) < 4.78 is 40.6. The summed E-state index contributed by atoms with van der Waals surface area (Å²) in [5, 5.41) is 3.69. The van der Waals surface area contributed by atoms with E-state index in [0.717, 1.165) is 19.3 Å². The van der Waals surface area contributed by atoms with Gasteiger partial charge in [-0.05, 0) is 18.2 Å². The number of sulfone groups is 1. The average molecular weight is 480 g/mol. The van der Waals surface area contributed by atoms with Gasteiger partial charge in [-0.1, -0.05) is 24.3 Å². The monoisotopic (exact) mass is 479 g/mol. The van der Waals surface area contributed by atoms with Crippen LogP contribution in [0.1, 0.15) is 10.4 Å². The molecule has 1 aliphatic heterocycles. The zero-order valence-electron chi connectivity index (χ0n) is 18.4. The molecule has 1 fully saturated rings. The number of piperazine rings is 1. The number of benzene rings is 2. The van der Waals surface area contributed by atoms with Crippen molar-refractivity contribution >= 4 is 26.6 Å². The summed E-state index contributed by atoms with van der Waals surface area (Å²) in [6.07, 6.45) is 5.57. The molecule has 1 saturated heterocycles. The van der Waals surface area contributed by atoms with Crippen LogP contribution in [0.3, 0.4) is 0 Å². The van der Waals surface area contributed by atoms with E-state index in [9.17, 15) is 17.6 Å². The Kier molecular flexibility index (Phi) is 5.62. The first-order valence-electron chi connectivity index (χ1n) is 10.8. The molecule has 1 amide bonds. The van der Waals surface area contributed by atoms with Crippen molar-refractivity contribution in [2.24, 2.45) is 0 Å². The molecule has 34 heavy (non-hydrogen) atoms. The van der Waals surface area contributed by atoms with Gasteiger partial charge in [0.25, 0.3) is 5.91 Å². The van der Waals surface area contributed by atoms with Crippen molar-refractivity contribution in [3.63, 3.8) is 0 Å². The molecular weight excluding hydrogens is 457 g/mol. The number of halogens is 1. The minimum atomic E-state index is -3.56. The van der Waals surface area contributed by atoms with E-state index in [0.29, 0.717) is 40.7 Å². The topological polar surface area (TPSA) is 97.2 Å². The fourth-order valence-corrected chi connectivity index (χ4v) is 4.99. The summed E-state index contributed by atoms with van der Waals surface area (Å²) in [5.41, 5.74) is 1.82. The van der Waals surface area contributed by atoms with Gasteiger partial charge >= 0.3 is 0 Å². The summed E-state index contributed by atoms with van der Waals surface area (Å²) in [6, 6.07) is 11.3. The van der Waals surface area contributed by atoms with Crippen LogP contribution in [0, 0.1) is 5.82 Å². The van der Waals surface area contributed by atoms with Crippen molar-refractivity contribution in [2.75, 3.05) is 32.4 Å². The molecule has 0 bridgehead atoms. The number of carbonyl (C=O) groups is 1. The Morgan fingerprint density at radius 2 is 1.76 bits per heavy atom. The molecule has 8 nitrogen and oxygen atoms in total. The maximum atomic E-state index is 14.1. The molecule has 2 aromatic carbocycles. The van der Waals surface area contributed by atoms with Crippen LogP contribution >= 0.6 is 0 Å². The molecular formula is C24H22FN5O3S. The van der Waals surface area contributed by atoms with E-state index in [1.807, 2.05) is 0 Å². The third kappa shape index (κ3) is 4.06. The van der Waals surface area contributed by atoms with Gasteiger partial charge in [-0.3, -0.25) is 9.36 Å². The van der Waals surface area contributed by atoms with E-state index in [-0.39, 0.29) is 22.6 Å². The Morgan fingerprint density at radius 3 is 2.44 bits per heavy atom. The lowest BCUT2D eigenvalue weighted by Gasteiger charge is -2.27. The second-order valence-corrected chi connectivity index (χ2v) is 10.1. The first-order valence-corrected chi connectivity index (χ1v) is 12.6. The van der Waals surface area contributed by atoms with E-state index >= 15 is 0 Å². The molecule has 1 N–H and O–H groups in total. The molecule has 0 aliphatic carbocycles. The number of hydrogen-bond donors (Lipinski definition) is 1. The molecule has 0 saturated carbocycles. The second-order valence-electron chi connectivity index (χ2n) is 8.16. The molecule has 0 radical (unpaired) electrons. The fraction of sp³-hybridized carbons (Fsp3) is 0.208. The van der Waals surface area contributed by atoms with Gasteiger partial charge in [-0.2, -0.15) is 0 Å². The largest absolute Gasteiger partial charge is 0.336 e. The quantitative estimate of drug-likeness (QED) is 0.483. The summed E-state index contributed by atoms with van der Waals surface area (Å²) in [4.78, 5) is 23.6. The lowest BCUT2D eigenvalue weighted by atomic mass is 10.1. The highest BCUT2D eigenvalue weighted by molar-refractivity contribution is 7.91. The molecule has 174 valence electrons. The Morgan fingerprint density at radius 1 is 1.06 bits per heavy atom. The standard InChI is InChI=1S/C24H22FN5O3S/c1-34(32,33)22-15-30(24-27-13-17(14-28-24)18-4-2-3-5-20(18)25)21-12-16(6-7-19(21)22)23(31)29-10-8-26-9-11-29/h2-7,12-15,26H,8-11H2,1H3. The van der Waals surface area contributed by atoms with Gasteiger partial charge in [-0.25, -0.2) is 22.8 Å². The van der Waals surface area contributed by atoms with Crippen molar-refractivity contribution in [3.8, 4) is 17.1 Å². The Labute approximate surface area is 196 Å². The maximum absolute atomic E-state index is 14.1. The van der Waals surface area contributed by atoms with Crippen LogP contribution in [0.25, 0.3) is 28.0 Å². The molecule has 3 heterocycles. The zero-order chi connectivity index (χ0) is 23.9. The summed E-state index contributed by atoms with van der Waals surface area (Å²) in [6.45, 7) is 2.66. The molecule has 5 rings (SSSR count). The van der Waals surface area contributed by atoms with Crippen molar-refractivity contribution in [1.29, 1.82) is 0 Å². The SMILES string of the molecule is CS(=O)(=O)c1cn(-c2ncc(-c3ccccc3F)cn2)c2cc(C(=O)N3CCNCC3)ccc12. The number of amides is 1. The van der Waals surface area contributed by atoms with Gasteiger partial charge < -0.3 is 10.2 Å². The Balaban J connectivity index is 1.61. The smallest absolute Gasteiger partial charge is 0.254 e. The van der Waals surface area contributed by atoms with Gasteiger partial charge in [0, 0.05) is 73.1 Å². The number of fused-ring (bicyclic) bond motifs is 1. The van der Waals surface area contributed by atoms with Crippen LogP contribution in [-0.4, -0.2) is 66.2 Å². The first-order chi connectivity index (χ1) is 16.3. The van der Waals surface area contributed by atoms with E-state index in [1.54, 1.807) is 45.9 Å². The van der Waals surface area contributed by atoms with E-state index in [1.165, 1.54) is 24.7 Å². The number of nitrogens with one attached hydrogen (secondary N) is 1. The number of aromatic nitrogens is 3. The van der Waals surface area contributed by atoms with E-state index < -0.39 is 9.84 Å². The number of hydrogen-bond acceptors (Lipinski definition) is 6. The molecule has 0 spiro atoms. The highest BCUT2D eigenvalue weighted by Crippen LogP contribution is 2.29. The van der Waals surface area contributed by atoms with Crippen LogP contribution < -0.4 is 5.32 Å². The highest BCUT2D eigenvalue weighted by atomic mass is 32.2. The molecule has 2 aromatic heterocycles. The lowest BCUT2D eigenvalue weighted by Crippen LogP contribution is -2.46. The van der Waals surface area contributed by atoms with Gasteiger partial charge in [-0.15, -0.1) is 0 Å². The van der Waals surface area contributed by atoms with Crippen LogP contribution in [0.5, 0.6) is 0 Å². The van der Waals surface area contributed by atoms with Gasteiger partial charge in [0.1, 0.15) is 5.82 Å². The summed E-state index contributed by atoms with van der Waals surface area (Å²) in [7, 11) is -3.56. The van der Waals surface area contributed by atoms with Crippen LogP contribution in [-0.2, 0) is 9.84 Å². The van der Waals surface area contributed by atoms with Crippen LogP contribution in [0.15, 0.2) is 66.0 Å². The van der Waals surface area contributed by atoms with Crippen molar-refractivity contribution in [2.45, 2.75) is 4.90 Å². The minimum absolute atomic E-state index is 0.116. The van der Waals surface area contributed by atoms with E-state index in [4.69, 9.17) is 0 Å². The normalized spacial score (nSPS) is 14.5. The highest BCUT2D eigenvalue weighted by Gasteiger charge is 2.23. The van der Waals surface area contributed by atoms with Gasteiger partial charge in [0.05, 0.1) is 10.4 Å². The number of rotatable bonds is 4. The molecule has 0 atom stereocenters. The van der Waals surface area contributed by atoms with Gasteiger partial charge in [0.15, 0.2) is 9.84 Å². The first kappa shape index (κ1) is 22.2. The van der Waals surface area contributed by atoms with E-state index in [2.05, 4.69) is 15.3 Å². The number of carbonyl (C=O) groups excluding carboxylic acids is 1. The summed E-state index contributed by atoms with van der Waals surface area (Å²) in [5.74, 6) is -0.291.